The number of rotatable bonds is 2. The number of carbonyl (C=O) groups is 1. The summed E-state index contributed by atoms with van der Waals surface area (Å²) in [6, 6.07) is 0.305. The van der Waals surface area contributed by atoms with Crippen LogP contribution in [0.25, 0.3) is 0 Å². The lowest BCUT2D eigenvalue weighted by atomic mass is 9.80. The molecule has 1 aromatic rings. The number of amides is 1. The standard InChI is InChI=1S/C17H25N3O2/c1-22-16-18-12-14(13-19-16)15(21)20-11-7-6-10-17(20)8-4-2-3-5-9-17/h12-13H,2-11H2,1H3. The Labute approximate surface area is 132 Å². The minimum atomic E-state index is 0.0752. The molecular formula is C17H25N3O2. The highest BCUT2D eigenvalue weighted by molar-refractivity contribution is 5.94. The van der Waals surface area contributed by atoms with E-state index in [2.05, 4.69) is 14.9 Å². The van der Waals surface area contributed by atoms with Crippen molar-refractivity contribution in [1.82, 2.24) is 14.9 Å². The Bertz CT molecular complexity index is 507. The number of hydrogen-bond acceptors (Lipinski definition) is 4. The molecule has 120 valence electrons. The molecule has 5 nitrogen and oxygen atoms in total. The molecule has 1 aromatic heterocycles. The third-order valence-electron chi connectivity index (χ3n) is 5.18. The zero-order chi connectivity index (χ0) is 15.4. The summed E-state index contributed by atoms with van der Waals surface area (Å²) in [4.78, 5) is 23.3. The predicted octanol–water partition coefficient (Wildman–Crippen LogP) is 3.20. The van der Waals surface area contributed by atoms with E-state index in [1.807, 2.05) is 0 Å². The highest BCUT2D eigenvalue weighted by atomic mass is 16.5. The largest absolute Gasteiger partial charge is 0.467 e. The number of likely N-dealkylation sites (tertiary alicyclic amines) is 1. The van der Waals surface area contributed by atoms with Crippen LogP contribution in [0.15, 0.2) is 12.4 Å². The van der Waals surface area contributed by atoms with Gasteiger partial charge < -0.3 is 9.64 Å². The summed E-state index contributed by atoms with van der Waals surface area (Å²) in [5, 5.41) is 0. The first-order valence-corrected chi connectivity index (χ1v) is 8.43. The molecule has 0 N–H and O–H groups in total. The van der Waals surface area contributed by atoms with Crippen molar-refractivity contribution in [2.45, 2.75) is 63.3 Å². The summed E-state index contributed by atoms with van der Waals surface area (Å²) >= 11 is 0. The molecule has 5 heteroatoms. The van der Waals surface area contributed by atoms with E-state index in [1.165, 1.54) is 39.2 Å². The molecule has 2 aliphatic rings. The maximum absolute atomic E-state index is 13.0. The first-order valence-electron chi connectivity index (χ1n) is 8.43. The summed E-state index contributed by atoms with van der Waals surface area (Å²) in [5.74, 6) is 0.0873. The molecule has 1 amide bonds. The number of ether oxygens (including phenoxy) is 1. The predicted molar refractivity (Wildman–Crippen MR) is 83.9 cm³/mol. The number of nitrogens with zero attached hydrogens (tertiary/aromatic N) is 3. The quantitative estimate of drug-likeness (QED) is 0.842. The minimum Gasteiger partial charge on any atom is -0.467 e. The van der Waals surface area contributed by atoms with Gasteiger partial charge in [0.05, 0.1) is 12.7 Å². The van der Waals surface area contributed by atoms with Crippen LogP contribution in [0.3, 0.4) is 0 Å². The van der Waals surface area contributed by atoms with Crippen LogP contribution in [0.4, 0.5) is 0 Å². The Morgan fingerprint density at radius 1 is 1.05 bits per heavy atom. The maximum Gasteiger partial charge on any atom is 0.316 e. The van der Waals surface area contributed by atoms with Gasteiger partial charge >= 0.3 is 6.01 Å². The SMILES string of the molecule is COc1ncc(C(=O)N2CCCCC23CCCCCC3)cn1. The Kier molecular flexibility index (Phi) is 4.60. The normalized spacial score (nSPS) is 21.4. The average molecular weight is 303 g/mol. The van der Waals surface area contributed by atoms with E-state index in [0.717, 1.165) is 32.2 Å². The van der Waals surface area contributed by atoms with Gasteiger partial charge in [0.2, 0.25) is 0 Å². The maximum atomic E-state index is 13.0. The molecule has 1 aliphatic heterocycles. The number of hydrogen-bond donors (Lipinski definition) is 0. The van der Waals surface area contributed by atoms with E-state index in [1.54, 1.807) is 12.4 Å². The van der Waals surface area contributed by atoms with E-state index in [0.29, 0.717) is 11.6 Å². The van der Waals surface area contributed by atoms with Gasteiger partial charge in [-0.1, -0.05) is 25.7 Å². The summed E-state index contributed by atoms with van der Waals surface area (Å²) in [6.45, 7) is 0.866. The molecule has 0 radical (unpaired) electrons. The lowest BCUT2D eigenvalue weighted by molar-refractivity contribution is 0.0247. The van der Waals surface area contributed by atoms with Crippen molar-refractivity contribution in [3.05, 3.63) is 18.0 Å². The van der Waals surface area contributed by atoms with Gasteiger partial charge in [-0.15, -0.1) is 0 Å². The van der Waals surface area contributed by atoms with Gasteiger partial charge in [-0.25, -0.2) is 9.97 Å². The van der Waals surface area contributed by atoms with Crippen LogP contribution >= 0.6 is 0 Å². The monoisotopic (exact) mass is 303 g/mol. The molecule has 3 rings (SSSR count). The molecular weight excluding hydrogens is 278 g/mol. The second kappa shape index (κ2) is 6.63. The smallest absolute Gasteiger partial charge is 0.316 e. The Morgan fingerprint density at radius 3 is 2.23 bits per heavy atom. The van der Waals surface area contributed by atoms with Crippen LogP contribution in [0.1, 0.15) is 68.1 Å². The lowest BCUT2D eigenvalue weighted by Crippen LogP contribution is -2.54. The van der Waals surface area contributed by atoms with Gasteiger partial charge in [-0.05, 0) is 32.1 Å². The molecule has 0 bridgehead atoms. The van der Waals surface area contributed by atoms with Gasteiger partial charge in [-0.3, -0.25) is 4.79 Å². The molecule has 22 heavy (non-hydrogen) atoms. The van der Waals surface area contributed by atoms with Crippen molar-refractivity contribution >= 4 is 5.91 Å². The van der Waals surface area contributed by atoms with Gasteiger partial charge in [0.1, 0.15) is 0 Å². The van der Waals surface area contributed by atoms with E-state index >= 15 is 0 Å². The number of carbonyl (C=O) groups excluding carboxylic acids is 1. The van der Waals surface area contributed by atoms with Gasteiger partial charge in [0.25, 0.3) is 5.91 Å². The van der Waals surface area contributed by atoms with Gasteiger partial charge in [-0.2, -0.15) is 0 Å². The van der Waals surface area contributed by atoms with Crippen molar-refractivity contribution in [3.63, 3.8) is 0 Å². The number of methoxy groups -OCH3 is 1. The fourth-order valence-electron chi connectivity index (χ4n) is 4.01. The van der Waals surface area contributed by atoms with Crippen molar-refractivity contribution < 1.29 is 9.53 Å². The second-order valence-electron chi connectivity index (χ2n) is 6.51. The van der Waals surface area contributed by atoms with Crippen LogP contribution in [-0.4, -0.2) is 40.0 Å². The Hall–Kier alpha value is -1.65. The van der Waals surface area contributed by atoms with Gasteiger partial charge in [0, 0.05) is 24.5 Å². The Morgan fingerprint density at radius 2 is 1.64 bits per heavy atom. The van der Waals surface area contributed by atoms with Crippen molar-refractivity contribution in [2.75, 3.05) is 13.7 Å². The fraction of sp³-hybridized carbons (Fsp3) is 0.706. The van der Waals surface area contributed by atoms with E-state index in [-0.39, 0.29) is 11.4 Å². The average Bonchev–Trinajstić information content (AvgIpc) is 2.81. The van der Waals surface area contributed by atoms with Crippen molar-refractivity contribution in [3.8, 4) is 6.01 Å². The third kappa shape index (κ3) is 2.94. The molecule has 0 atom stereocenters. The Balaban J connectivity index is 1.83. The van der Waals surface area contributed by atoms with Crippen molar-refractivity contribution in [1.29, 1.82) is 0 Å². The molecule has 2 fully saturated rings. The van der Waals surface area contributed by atoms with E-state index in [9.17, 15) is 4.79 Å². The fourth-order valence-corrected chi connectivity index (χ4v) is 4.01. The van der Waals surface area contributed by atoms with Crippen LogP contribution in [0, 0.1) is 0 Å². The lowest BCUT2D eigenvalue weighted by Gasteiger charge is -2.47. The van der Waals surface area contributed by atoms with E-state index < -0.39 is 0 Å². The topological polar surface area (TPSA) is 55.3 Å². The number of aromatic nitrogens is 2. The van der Waals surface area contributed by atoms with Crippen molar-refractivity contribution in [2.24, 2.45) is 0 Å². The third-order valence-corrected chi connectivity index (χ3v) is 5.18. The molecule has 0 aromatic carbocycles. The molecule has 1 saturated heterocycles. The molecule has 1 aliphatic carbocycles. The molecule has 2 heterocycles. The first-order chi connectivity index (χ1) is 10.7. The molecule has 1 spiro atoms. The summed E-state index contributed by atoms with van der Waals surface area (Å²) in [7, 11) is 1.53. The minimum absolute atomic E-state index is 0.0752. The zero-order valence-corrected chi connectivity index (χ0v) is 13.4. The summed E-state index contributed by atoms with van der Waals surface area (Å²) in [6.07, 6.45) is 14.0. The van der Waals surface area contributed by atoms with Crippen LogP contribution in [-0.2, 0) is 0 Å². The highest BCUT2D eigenvalue weighted by Gasteiger charge is 2.41. The zero-order valence-electron chi connectivity index (χ0n) is 13.4. The molecule has 0 unspecified atom stereocenters. The second-order valence-corrected chi connectivity index (χ2v) is 6.51. The summed E-state index contributed by atoms with van der Waals surface area (Å²) in [5.41, 5.74) is 0.650. The van der Waals surface area contributed by atoms with E-state index in [4.69, 9.17) is 4.74 Å². The van der Waals surface area contributed by atoms with Crippen LogP contribution in [0.2, 0.25) is 0 Å². The summed E-state index contributed by atoms with van der Waals surface area (Å²) < 4.78 is 4.97. The van der Waals surface area contributed by atoms with Crippen LogP contribution < -0.4 is 4.74 Å². The highest BCUT2D eigenvalue weighted by Crippen LogP contribution is 2.40. The van der Waals surface area contributed by atoms with Gasteiger partial charge in [0.15, 0.2) is 0 Å². The first kappa shape index (κ1) is 15.3. The van der Waals surface area contributed by atoms with Crippen LogP contribution in [0.5, 0.6) is 6.01 Å². The molecule has 1 saturated carbocycles. The number of piperidine rings is 1.